The zero-order valence-electron chi connectivity index (χ0n) is 11.6. The van der Waals surface area contributed by atoms with E-state index >= 15 is 0 Å². The second kappa shape index (κ2) is 6.51. The number of rotatable bonds is 6. The second-order valence-corrected chi connectivity index (χ2v) is 4.95. The molecule has 20 heavy (non-hydrogen) atoms. The van der Waals surface area contributed by atoms with E-state index in [4.69, 9.17) is 5.11 Å². The molecule has 110 valence electrons. The first-order valence-corrected chi connectivity index (χ1v) is 6.90. The molecule has 7 heteroatoms. The molecular weight excluding hydrogens is 260 g/mol. The van der Waals surface area contributed by atoms with Crippen LogP contribution in [0.3, 0.4) is 0 Å². The molecule has 2 heterocycles. The number of aliphatic carboxylic acids is 1. The minimum absolute atomic E-state index is 0.105. The van der Waals surface area contributed by atoms with E-state index in [1.165, 1.54) is 0 Å². The van der Waals surface area contributed by atoms with Crippen LogP contribution >= 0.6 is 0 Å². The highest BCUT2D eigenvalue weighted by atomic mass is 16.4. The molecule has 1 atom stereocenters. The fourth-order valence-electron chi connectivity index (χ4n) is 2.49. The zero-order valence-corrected chi connectivity index (χ0v) is 11.6. The van der Waals surface area contributed by atoms with Crippen molar-refractivity contribution in [1.29, 1.82) is 0 Å². The molecule has 1 aromatic heterocycles. The van der Waals surface area contributed by atoms with Gasteiger partial charge in [0.1, 0.15) is 11.9 Å². The van der Waals surface area contributed by atoms with E-state index in [2.05, 4.69) is 10.4 Å². The van der Waals surface area contributed by atoms with Gasteiger partial charge in [0.25, 0.3) is 0 Å². The number of carboxylic acid groups (broad SMARTS) is 1. The Labute approximate surface area is 117 Å². The van der Waals surface area contributed by atoms with Crippen LogP contribution in [0.1, 0.15) is 26.2 Å². The molecule has 7 nitrogen and oxygen atoms in total. The van der Waals surface area contributed by atoms with Crippen molar-refractivity contribution < 1.29 is 14.7 Å². The quantitative estimate of drug-likeness (QED) is 0.804. The summed E-state index contributed by atoms with van der Waals surface area (Å²) in [5.74, 6) is -0.398. The molecule has 2 rings (SSSR count). The van der Waals surface area contributed by atoms with Crippen LogP contribution < -0.4 is 5.32 Å². The molecule has 0 aromatic carbocycles. The molecule has 1 aromatic rings. The van der Waals surface area contributed by atoms with Crippen molar-refractivity contribution in [3.63, 3.8) is 0 Å². The van der Waals surface area contributed by atoms with Gasteiger partial charge in [0, 0.05) is 12.6 Å². The third-order valence-electron chi connectivity index (χ3n) is 3.41. The largest absolute Gasteiger partial charge is 0.480 e. The molecule has 0 spiro atoms. The third kappa shape index (κ3) is 3.36. The van der Waals surface area contributed by atoms with Gasteiger partial charge in [0.2, 0.25) is 5.91 Å². The van der Waals surface area contributed by atoms with Crippen LogP contribution in [0.2, 0.25) is 0 Å². The summed E-state index contributed by atoms with van der Waals surface area (Å²) in [7, 11) is 0. The average molecular weight is 280 g/mol. The van der Waals surface area contributed by atoms with E-state index in [-0.39, 0.29) is 12.5 Å². The molecule has 1 amide bonds. The molecule has 1 fully saturated rings. The van der Waals surface area contributed by atoms with Crippen molar-refractivity contribution in [2.45, 2.75) is 38.8 Å². The topological polar surface area (TPSA) is 87.5 Å². The first-order valence-electron chi connectivity index (χ1n) is 6.90. The highest BCUT2D eigenvalue weighted by molar-refractivity contribution is 5.91. The lowest BCUT2D eigenvalue weighted by Crippen LogP contribution is -2.41. The molecule has 1 aliphatic rings. The Balaban J connectivity index is 1.92. The molecule has 0 saturated carbocycles. The van der Waals surface area contributed by atoms with Gasteiger partial charge in [0.05, 0.1) is 12.7 Å². The van der Waals surface area contributed by atoms with Gasteiger partial charge in [-0.25, -0.2) is 4.68 Å². The molecule has 0 aliphatic carbocycles. The van der Waals surface area contributed by atoms with E-state index < -0.39 is 12.0 Å². The standard InChI is InChI=1S/C13H20N4O3/c1-2-7-17-11(5-6-14-17)15-12(18)9-16-8-3-4-10(16)13(19)20/h5-6,10H,2-4,7-9H2,1H3,(H,15,18)(H,19,20)/t10-/m1/s1. The van der Waals surface area contributed by atoms with Crippen LogP contribution in [0.4, 0.5) is 5.82 Å². The van der Waals surface area contributed by atoms with Gasteiger partial charge in [-0.3, -0.25) is 14.5 Å². The van der Waals surface area contributed by atoms with Crippen LogP contribution in [0.25, 0.3) is 0 Å². The van der Waals surface area contributed by atoms with Crippen LogP contribution in [0.5, 0.6) is 0 Å². The Hall–Kier alpha value is -1.89. The SMILES string of the molecule is CCCn1nccc1NC(=O)CN1CCC[C@@H]1C(=O)O. The molecule has 0 radical (unpaired) electrons. The van der Waals surface area contributed by atoms with Crippen LogP contribution in [-0.4, -0.2) is 50.8 Å². The van der Waals surface area contributed by atoms with E-state index in [9.17, 15) is 9.59 Å². The van der Waals surface area contributed by atoms with Crippen molar-refractivity contribution in [2.75, 3.05) is 18.4 Å². The molecule has 1 saturated heterocycles. The number of aryl methyl sites for hydroxylation is 1. The Bertz CT molecular complexity index is 486. The van der Waals surface area contributed by atoms with Crippen molar-refractivity contribution in [3.8, 4) is 0 Å². The fourth-order valence-corrected chi connectivity index (χ4v) is 2.49. The summed E-state index contributed by atoms with van der Waals surface area (Å²) < 4.78 is 1.73. The van der Waals surface area contributed by atoms with Crippen LogP contribution in [-0.2, 0) is 16.1 Å². The first-order chi connectivity index (χ1) is 9.61. The van der Waals surface area contributed by atoms with Crippen molar-refractivity contribution in [2.24, 2.45) is 0 Å². The third-order valence-corrected chi connectivity index (χ3v) is 3.41. The van der Waals surface area contributed by atoms with Crippen molar-refractivity contribution >= 4 is 17.7 Å². The summed E-state index contributed by atoms with van der Waals surface area (Å²) in [5.41, 5.74) is 0. The number of anilines is 1. The van der Waals surface area contributed by atoms with E-state index in [0.29, 0.717) is 18.8 Å². The molecule has 0 bridgehead atoms. The van der Waals surface area contributed by atoms with Gasteiger partial charge >= 0.3 is 5.97 Å². The predicted octanol–water partition coefficient (Wildman–Crippen LogP) is 0.781. The summed E-state index contributed by atoms with van der Waals surface area (Å²) in [6.07, 6.45) is 3.99. The van der Waals surface area contributed by atoms with Crippen LogP contribution in [0.15, 0.2) is 12.3 Å². The first kappa shape index (κ1) is 14.5. The average Bonchev–Trinajstić information content (AvgIpc) is 3.00. The molecular formula is C13H20N4O3. The normalized spacial score (nSPS) is 19.1. The number of likely N-dealkylation sites (tertiary alicyclic amines) is 1. The smallest absolute Gasteiger partial charge is 0.320 e. The maximum atomic E-state index is 12.0. The lowest BCUT2D eigenvalue weighted by atomic mass is 10.2. The number of nitrogens with one attached hydrogen (secondary N) is 1. The van der Waals surface area contributed by atoms with Gasteiger partial charge < -0.3 is 10.4 Å². The van der Waals surface area contributed by atoms with Gasteiger partial charge in [0.15, 0.2) is 0 Å². The molecule has 0 unspecified atom stereocenters. The minimum atomic E-state index is -0.855. The summed E-state index contributed by atoms with van der Waals surface area (Å²) in [4.78, 5) is 24.8. The lowest BCUT2D eigenvalue weighted by Gasteiger charge is -2.20. The van der Waals surface area contributed by atoms with Gasteiger partial charge in [-0.15, -0.1) is 0 Å². The van der Waals surface area contributed by atoms with Gasteiger partial charge in [-0.1, -0.05) is 6.92 Å². The van der Waals surface area contributed by atoms with E-state index in [1.54, 1.807) is 21.8 Å². The number of amides is 1. The maximum Gasteiger partial charge on any atom is 0.320 e. The Morgan fingerprint density at radius 1 is 1.55 bits per heavy atom. The zero-order chi connectivity index (χ0) is 14.5. The predicted molar refractivity (Wildman–Crippen MR) is 73.4 cm³/mol. The lowest BCUT2D eigenvalue weighted by molar-refractivity contribution is -0.142. The van der Waals surface area contributed by atoms with Crippen molar-refractivity contribution in [3.05, 3.63) is 12.3 Å². The summed E-state index contributed by atoms with van der Waals surface area (Å²) in [6.45, 7) is 3.53. The number of carbonyl (C=O) groups is 2. The molecule has 2 N–H and O–H groups in total. The number of carbonyl (C=O) groups excluding carboxylic acids is 1. The minimum Gasteiger partial charge on any atom is -0.480 e. The maximum absolute atomic E-state index is 12.0. The number of carboxylic acids is 1. The summed E-state index contributed by atoms with van der Waals surface area (Å²) in [6, 6.07) is 1.20. The van der Waals surface area contributed by atoms with Crippen molar-refractivity contribution in [1.82, 2.24) is 14.7 Å². The second-order valence-electron chi connectivity index (χ2n) is 4.95. The number of hydrogen-bond acceptors (Lipinski definition) is 4. The fraction of sp³-hybridized carbons (Fsp3) is 0.615. The van der Waals surface area contributed by atoms with Crippen LogP contribution in [0, 0.1) is 0 Å². The Morgan fingerprint density at radius 2 is 2.35 bits per heavy atom. The summed E-state index contributed by atoms with van der Waals surface area (Å²) in [5, 5.41) is 16.0. The highest BCUT2D eigenvalue weighted by Gasteiger charge is 2.31. The number of hydrogen-bond donors (Lipinski definition) is 2. The van der Waals surface area contributed by atoms with Gasteiger partial charge in [-0.05, 0) is 25.8 Å². The monoisotopic (exact) mass is 280 g/mol. The Morgan fingerprint density at radius 3 is 3.05 bits per heavy atom. The summed E-state index contributed by atoms with van der Waals surface area (Å²) >= 11 is 0. The number of nitrogens with zero attached hydrogens (tertiary/aromatic N) is 3. The molecule has 1 aliphatic heterocycles. The van der Waals surface area contributed by atoms with Gasteiger partial charge in [-0.2, -0.15) is 5.10 Å². The number of aromatic nitrogens is 2. The van der Waals surface area contributed by atoms with E-state index in [0.717, 1.165) is 19.4 Å². The highest BCUT2D eigenvalue weighted by Crippen LogP contribution is 2.17. The van der Waals surface area contributed by atoms with E-state index in [1.807, 2.05) is 6.92 Å². The Kier molecular flexibility index (Phi) is 4.73.